The first-order chi connectivity index (χ1) is 11.6. The number of rotatable bonds is 5. The maximum atomic E-state index is 12.8. The molecule has 7 heteroatoms. The second-order valence-electron chi connectivity index (χ2n) is 5.16. The van der Waals surface area contributed by atoms with E-state index < -0.39 is 0 Å². The Morgan fingerprint density at radius 1 is 1.21 bits per heavy atom. The number of halogens is 2. The SMILES string of the molecule is O=C(NCCc1ccc(F)cc1)c1cn(-c2cccc(Br)c2)nn1. The molecular weight excluding hydrogens is 375 g/mol. The Morgan fingerprint density at radius 3 is 2.75 bits per heavy atom. The summed E-state index contributed by atoms with van der Waals surface area (Å²) in [6.07, 6.45) is 2.20. The van der Waals surface area contributed by atoms with E-state index in [1.165, 1.54) is 12.1 Å². The Labute approximate surface area is 146 Å². The van der Waals surface area contributed by atoms with Gasteiger partial charge in [-0.15, -0.1) is 5.10 Å². The summed E-state index contributed by atoms with van der Waals surface area (Å²) in [4.78, 5) is 12.1. The minimum atomic E-state index is -0.293. The van der Waals surface area contributed by atoms with Crippen molar-refractivity contribution in [1.29, 1.82) is 0 Å². The molecule has 0 fully saturated rings. The fourth-order valence-electron chi connectivity index (χ4n) is 2.17. The molecule has 0 aliphatic carbocycles. The quantitative estimate of drug-likeness (QED) is 0.730. The van der Waals surface area contributed by atoms with Crippen molar-refractivity contribution < 1.29 is 9.18 Å². The molecule has 0 unspecified atom stereocenters. The molecule has 0 spiro atoms. The van der Waals surface area contributed by atoms with Gasteiger partial charge in [-0.25, -0.2) is 9.07 Å². The average molecular weight is 389 g/mol. The summed E-state index contributed by atoms with van der Waals surface area (Å²) in [5, 5.41) is 10.6. The van der Waals surface area contributed by atoms with E-state index in [0.29, 0.717) is 13.0 Å². The largest absolute Gasteiger partial charge is 0.350 e. The molecule has 0 aliphatic rings. The number of hydrogen-bond acceptors (Lipinski definition) is 3. The zero-order valence-corrected chi connectivity index (χ0v) is 14.2. The lowest BCUT2D eigenvalue weighted by Crippen LogP contribution is -2.26. The molecule has 0 radical (unpaired) electrons. The van der Waals surface area contributed by atoms with Crippen LogP contribution >= 0.6 is 15.9 Å². The van der Waals surface area contributed by atoms with E-state index in [1.54, 1.807) is 23.0 Å². The Hall–Kier alpha value is -2.54. The second kappa shape index (κ2) is 7.35. The summed E-state index contributed by atoms with van der Waals surface area (Å²) in [6, 6.07) is 13.7. The molecule has 0 aliphatic heterocycles. The van der Waals surface area contributed by atoms with Crippen LogP contribution in [0.25, 0.3) is 5.69 Å². The number of aromatic nitrogens is 3. The van der Waals surface area contributed by atoms with Gasteiger partial charge in [0.05, 0.1) is 11.9 Å². The van der Waals surface area contributed by atoms with Gasteiger partial charge in [0.15, 0.2) is 5.69 Å². The van der Waals surface area contributed by atoms with Crippen molar-refractivity contribution in [3.63, 3.8) is 0 Å². The molecule has 0 atom stereocenters. The van der Waals surface area contributed by atoms with E-state index >= 15 is 0 Å². The fourth-order valence-corrected chi connectivity index (χ4v) is 2.56. The maximum Gasteiger partial charge on any atom is 0.273 e. The molecule has 0 saturated carbocycles. The lowest BCUT2D eigenvalue weighted by Gasteiger charge is -2.03. The molecule has 5 nitrogen and oxygen atoms in total. The van der Waals surface area contributed by atoms with Crippen molar-refractivity contribution >= 4 is 21.8 Å². The highest BCUT2D eigenvalue weighted by molar-refractivity contribution is 9.10. The van der Waals surface area contributed by atoms with Crippen LogP contribution in [0.15, 0.2) is 59.2 Å². The summed E-state index contributed by atoms with van der Waals surface area (Å²) in [7, 11) is 0. The Morgan fingerprint density at radius 2 is 2.00 bits per heavy atom. The van der Waals surface area contributed by atoms with Crippen LogP contribution in [0.1, 0.15) is 16.1 Å². The van der Waals surface area contributed by atoms with Crippen molar-refractivity contribution in [2.24, 2.45) is 0 Å². The van der Waals surface area contributed by atoms with E-state index in [0.717, 1.165) is 15.7 Å². The topological polar surface area (TPSA) is 59.8 Å². The van der Waals surface area contributed by atoms with Gasteiger partial charge < -0.3 is 5.32 Å². The average Bonchev–Trinajstić information content (AvgIpc) is 3.07. The lowest BCUT2D eigenvalue weighted by molar-refractivity contribution is 0.0949. The number of nitrogens with zero attached hydrogens (tertiary/aromatic N) is 3. The van der Waals surface area contributed by atoms with Gasteiger partial charge in [-0.2, -0.15) is 0 Å². The molecule has 122 valence electrons. The summed E-state index contributed by atoms with van der Waals surface area (Å²) in [5.74, 6) is -0.565. The molecule has 2 aromatic carbocycles. The molecule has 0 bridgehead atoms. The first kappa shape index (κ1) is 16.3. The normalized spacial score (nSPS) is 10.6. The van der Waals surface area contributed by atoms with Crippen molar-refractivity contribution in [2.75, 3.05) is 6.54 Å². The zero-order valence-electron chi connectivity index (χ0n) is 12.6. The molecule has 3 rings (SSSR count). The van der Waals surface area contributed by atoms with E-state index in [1.807, 2.05) is 24.3 Å². The molecule has 0 saturated heterocycles. The predicted molar refractivity (Wildman–Crippen MR) is 91.5 cm³/mol. The summed E-state index contributed by atoms with van der Waals surface area (Å²) in [5.41, 5.74) is 2.01. The lowest BCUT2D eigenvalue weighted by atomic mass is 10.1. The predicted octanol–water partition coefficient (Wildman–Crippen LogP) is 3.14. The van der Waals surface area contributed by atoms with Crippen molar-refractivity contribution in [3.8, 4) is 5.69 Å². The van der Waals surface area contributed by atoms with Gasteiger partial charge in [-0.05, 0) is 42.3 Å². The van der Waals surface area contributed by atoms with Crippen LogP contribution < -0.4 is 5.32 Å². The maximum absolute atomic E-state index is 12.8. The van der Waals surface area contributed by atoms with Gasteiger partial charge in [0.25, 0.3) is 5.91 Å². The third-order valence-corrected chi connectivity index (χ3v) is 3.90. The molecule has 1 N–H and O–H groups in total. The van der Waals surface area contributed by atoms with Gasteiger partial charge in [0.2, 0.25) is 0 Å². The number of carbonyl (C=O) groups is 1. The highest BCUT2D eigenvalue weighted by Gasteiger charge is 2.11. The number of carbonyl (C=O) groups excluding carboxylic acids is 1. The van der Waals surface area contributed by atoms with Crippen LogP contribution in [0.3, 0.4) is 0 Å². The number of benzene rings is 2. The van der Waals surface area contributed by atoms with E-state index in [9.17, 15) is 9.18 Å². The number of amides is 1. The minimum Gasteiger partial charge on any atom is -0.350 e. The number of hydrogen-bond donors (Lipinski definition) is 1. The van der Waals surface area contributed by atoms with Gasteiger partial charge in [-0.3, -0.25) is 4.79 Å². The third-order valence-electron chi connectivity index (χ3n) is 3.41. The Bertz CT molecular complexity index is 848. The summed E-state index contributed by atoms with van der Waals surface area (Å²) in [6.45, 7) is 0.439. The Balaban J connectivity index is 1.58. The smallest absolute Gasteiger partial charge is 0.273 e. The molecule has 3 aromatic rings. The molecule has 24 heavy (non-hydrogen) atoms. The van der Waals surface area contributed by atoms with Crippen LogP contribution in [0.4, 0.5) is 4.39 Å². The molecule has 1 amide bonds. The van der Waals surface area contributed by atoms with Crippen molar-refractivity contribution in [2.45, 2.75) is 6.42 Å². The Kier molecular flexibility index (Phi) is 5.00. The first-order valence-corrected chi connectivity index (χ1v) is 8.12. The zero-order chi connectivity index (χ0) is 16.9. The van der Waals surface area contributed by atoms with Crippen LogP contribution in [0, 0.1) is 5.82 Å². The van der Waals surface area contributed by atoms with E-state index in [4.69, 9.17) is 0 Å². The van der Waals surface area contributed by atoms with Crippen molar-refractivity contribution in [1.82, 2.24) is 20.3 Å². The molecule has 1 aromatic heterocycles. The monoisotopic (exact) mass is 388 g/mol. The third kappa shape index (κ3) is 4.05. The second-order valence-corrected chi connectivity index (χ2v) is 6.08. The highest BCUT2D eigenvalue weighted by atomic mass is 79.9. The van der Waals surface area contributed by atoms with Gasteiger partial charge >= 0.3 is 0 Å². The standard InChI is InChI=1S/C17H14BrFN4O/c18-13-2-1-3-15(10-13)23-11-16(21-22-23)17(24)20-9-8-12-4-6-14(19)7-5-12/h1-7,10-11H,8-9H2,(H,20,24). The minimum absolute atomic E-state index is 0.245. The van der Waals surface area contributed by atoms with Crippen molar-refractivity contribution in [3.05, 3.63) is 76.3 Å². The van der Waals surface area contributed by atoms with Gasteiger partial charge in [0.1, 0.15) is 5.82 Å². The fraction of sp³-hybridized carbons (Fsp3) is 0.118. The molecule has 1 heterocycles. The van der Waals surface area contributed by atoms with Gasteiger partial charge in [0, 0.05) is 11.0 Å². The summed E-state index contributed by atoms with van der Waals surface area (Å²) >= 11 is 3.39. The van der Waals surface area contributed by atoms with Crippen LogP contribution in [-0.4, -0.2) is 27.4 Å². The summed E-state index contributed by atoms with van der Waals surface area (Å²) < 4.78 is 15.3. The van der Waals surface area contributed by atoms with Gasteiger partial charge in [-0.1, -0.05) is 39.3 Å². The van der Waals surface area contributed by atoms with Crippen LogP contribution in [-0.2, 0) is 6.42 Å². The van der Waals surface area contributed by atoms with Crippen LogP contribution in [0.5, 0.6) is 0 Å². The molecular formula is C17H14BrFN4O. The highest BCUT2D eigenvalue weighted by Crippen LogP contribution is 2.14. The number of nitrogens with one attached hydrogen (secondary N) is 1. The van der Waals surface area contributed by atoms with Crippen LogP contribution in [0.2, 0.25) is 0 Å². The first-order valence-electron chi connectivity index (χ1n) is 7.33. The van der Waals surface area contributed by atoms with E-state index in [-0.39, 0.29) is 17.4 Å². The van der Waals surface area contributed by atoms with E-state index in [2.05, 4.69) is 31.6 Å².